The van der Waals surface area contributed by atoms with Crippen LogP contribution in [0.1, 0.15) is 43.2 Å². The highest BCUT2D eigenvalue weighted by Gasteiger charge is 2.36. The maximum absolute atomic E-state index is 13.9. The molecule has 9 heteroatoms. The summed E-state index contributed by atoms with van der Waals surface area (Å²) in [6.45, 7) is 0.324. The topological polar surface area (TPSA) is 119 Å². The molecule has 2 aromatic carbocycles. The minimum absolute atomic E-state index is 0.0260. The smallest absolute Gasteiger partial charge is 0.289 e. The number of ether oxygens (including phenoxy) is 1. The number of allylic oxidation sites excluding steroid dienone is 2. The van der Waals surface area contributed by atoms with Crippen molar-refractivity contribution in [3.05, 3.63) is 107 Å². The van der Waals surface area contributed by atoms with Crippen LogP contribution in [0.25, 0.3) is 0 Å². The summed E-state index contributed by atoms with van der Waals surface area (Å²) in [4.78, 5) is 66.4. The zero-order valence-corrected chi connectivity index (χ0v) is 25.7. The number of carbonyl (C=O) groups is 5. The number of amides is 2. The van der Waals surface area contributed by atoms with E-state index in [0.29, 0.717) is 24.3 Å². The normalized spacial score (nSPS) is 22.0. The third-order valence-electron chi connectivity index (χ3n) is 8.57. The lowest BCUT2D eigenvalue weighted by Crippen LogP contribution is -2.50. The van der Waals surface area contributed by atoms with E-state index in [9.17, 15) is 24.0 Å². The number of hydrogen-bond donors (Lipinski definition) is 2. The summed E-state index contributed by atoms with van der Waals surface area (Å²) in [6, 6.07) is 17.3. The van der Waals surface area contributed by atoms with E-state index in [2.05, 4.69) is 10.6 Å². The molecule has 2 amide bonds. The van der Waals surface area contributed by atoms with E-state index in [1.165, 1.54) is 0 Å². The van der Waals surface area contributed by atoms with Gasteiger partial charge in [-0.15, -0.1) is 0 Å². The molecular weight excluding hydrogens is 592 g/mol. The van der Waals surface area contributed by atoms with Crippen LogP contribution in [0.15, 0.2) is 95.6 Å². The molecule has 2 unspecified atom stereocenters. The molecule has 0 saturated heterocycles. The maximum Gasteiger partial charge on any atom is 0.289 e. The van der Waals surface area contributed by atoms with Gasteiger partial charge in [-0.3, -0.25) is 24.0 Å². The third-order valence-corrected chi connectivity index (χ3v) is 8.81. The van der Waals surface area contributed by atoms with Gasteiger partial charge in [-0.2, -0.15) is 0 Å². The number of carbonyl (C=O) groups excluding carboxylic acids is 5. The molecule has 1 fully saturated rings. The van der Waals surface area contributed by atoms with Crippen molar-refractivity contribution >= 4 is 40.8 Å². The van der Waals surface area contributed by atoms with E-state index in [1.807, 2.05) is 72.8 Å². The molecule has 3 aliphatic rings. The Bertz CT molecular complexity index is 1520. The van der Waals surface area contributed by atoms with Crippen molar-refractivity contribution in [2.75, 3.05) is 6.61 Å². The molecule has 0 aromatic heterocycles. The molecular formula is C36H37ClN2O6. The van der Waals surface area contributed by atoms with Crippen molar-refractivity contribution in [3.8, 4) is 0 Å². The third kappa shape index (κ3) is 8.74. The summed E-state index contributed by atoms with van der Waals surface area (Å²) in [5.74, 6) is -4.11. The Labute approximate surface area is 267 Å². The number of Topliss-reactive ketones (excluding diaryl/α,β-unsaturated/α-hetero) is 3. The molecule has 0 bridgehead atoms. The van der Waals surface area contributed by atoms with E-state index in [1.54, 1.807) is 12.2 Å². The van der Waals surface area contributed by atoms with Gasteiger partial charge in [0.15, 0.2) is 0 Å². The minimum atomic E-state index is -1.20. The number of hydrogen-bond acceptors (Lipinski definition) is 6. The summed E-state index contributed by atoms with van der Waals surface area (Å²) in [5.41, 5.74) is 2.47. The standard InChI is InChI=1S/C36H37ClN2O6/c37-29-14-15-33-26(18-29)17-28(22-45-33)32(41)20-27(16-23-8-3-1-4-9-23)35(43)39-30(19-25-12-7-13-31(25)40)34(42)36(44)38-21-24-10-5-2-6-11-24/h1-6,8-11,14-15,17-18,25,27-28,30,33H,7,12-13,16,19-22H2,(H,38,44)(H,39,43)/t25-,27+,28?,30-,33?/m0/s1. The van der Waals surface area contributed by atoms with Crippen LogP contribution < -0.4 is 10.6 Å². The Balaban J connectivity index is 1.32. The Morgan fingerprint density at radius 3 is 2.38 bits per heavy atom. The van der Waals surface area contributed by atoms with Crippen LogP contribution in [0.4, 0.5) is 0 Å². The lowest BCUT2D eigenvalue weighted by Gasteiger charge is -2.28. The first-order valence-electron chi connectivity index (χ1n) is 15.4. The van der Waals surface area contributed by atoms with Crippen LogP contribution in [0, 0.1) is 17.8 Å². The van der Waals surface area contributed by atoms with Crippen LogP contribution in [0.5, 0.6) is 0 Å². The van der Waals surface area contributed by atoms with Gasteiger partial charge in [0, 0.05) is 36.3 Å². The highest BCUT2D eigenvalue weighted by molar-refractivity contribution is 6.38. The minimum Gasteiger partial charge on any atom is -0.368 e. The zero-order valence-electron chi connectivity index (χ0n) is 25.0. The summed E-state index contributed by atoms with van der Waals surface area (Å²) in [5, 5.41) is 5.97. The average Bonchev–Trinajstić information content (AvgIpc) is 3.46. The summed E-state index contributed by atoms with van der Waals surface area (Å²) in [6.07, 6.45) is 8.85. The molecule has 234 valence electrons. The van der Waals surface area contributed by atoms with Gasteiger partial charge in [0.25, 0.3) is 5.91 Å². The molecule has 0 radical (unpaired) electrons. The fraction of sp³-hybridized carbons (Fsp3) is 0.361. The predicted octanol–water partition coefficient (Wildman–Crippen LogP) is 4.57. The first-order valence-corrected chi connectivity index (χ1v) is 15.8. The van der Waals surface area contributed by atoms with Crippen molar-refractivity contribution in [2.24, 2.45) is 17.8 Å². The van der Waals surface area contributed by atoms with Crippen molar-refractivity contribution in [3.63, 3.8) is 0 Å². The number of halogens is 1. The molecule has 1 heterocycles. The Kier molecular flexibility index (Phi) is 10.9. The van der Waals surface area contributed by atoms with Crippen LogP contribution in [0.2, 0.25) is 0 Å². The largest absolute Gasteiger partial charge is 0.368 e. The second kappa shape index (κ2) is 15.2. The fourth-order valence-corrected chi connectivity index (χ4v) is 6.26. The van der Waals surface area contributed by atoms with Gasteiger partial charge in [-0.05, 0) is 60.6 Å². The first-order chi connectivity index (χ1) is 21.8. The molecule has 1 aliphatic heterocycles. The van der Waals surface area contributed by atoms with E-state index < -0.39 is 41.4 Å². The molecule has 45 heavy (non-hydrogen) atoms. The number of benzene rings is 2. The van der Waals surface area contributed by atoms with Gasteiger partial charge in [-0.25, -0.2) is 0 Å². The molecule has 5 atom stereocenters. The second-order valence-electron chi connectivity index (χ2n) is 11.9. The van der Waals surface area contributed by atoms with Gasteiger partial charge in [0.1, 0.15) is 17.7 Å². The number of fused-ring (bicyclic) bond motifs is 1. The van der Waals surface area contributed by atoms with Crippen molar-refractivity contribution in [1.29, 1.82) is 0 Å². The van der Waals surface area contributed by atoms with Gasteiger partial charge < -0.3 is 15.4 Å². The van der Waals surface area contributed by atoms with Crippen molar-refractivity contribution in [1.82, 2.24) is 10.6 Å². The lowest BCUT2D eigenvalue weighted by atomic mass is 9.86. The summed E-state index contributed by atoms with van der Waals surface area (Å²) < 4.78 is 5.89. The number of rotatable bonds is 13. The Morgan fingerprint density at radius 1 is 0.978 bits per heavy atom. The van der Waals surface area contributed by atoms with Crippen LogP contribution in [-0.2, 0) is 41.7 Å². The monoisotopic (exact) mass is 628 g/mol. The summed E-state index contributed by atoms with van der Waals surface area (Å²) in [7, 11) is 0. The van der Waals surface area contributed by atoms with Crippen molar-refractivity contribution in [2.45, 2.75) is 57.2 Å². The van der Waals surface area contributed by atoms with Gasteiger partial charge in [-0.1, -0.05) is 78.3 Å². The highest BCUT2D eigenvalue weighted by atomic mass is 35.5. The molecule has 2 aromatic rings. The molecule has 1 saturated carbocycles. The zero-order chi connectivity index (χ0) is 31.8. The van der Waals surface area contributed by atoms with E-state index in [0.717, 1.165) is 16.7 Å². The quantitative estimate of drug-likeness (QED) is 0.314. The molecule has 2 aliphatic carbocycles. The molecule has 0 spiro atoms. The van der Waals surface area contributed by atoms with Gasteiger partial charge in [0.2, 0.25) is 11.7 Å². The SMILES string of the molecule is O=C(NCc1ccccc1)C(=O)[C@H](C[C@@H]1CCCC1=O)NC(=O)[C@@H](CC(=O)C1C=C2C=C(Cl)C=CC2OC1)Cc1ccccc1. The van der Waals surface area contributed by atoms with Crippen LogP contribution in [0.3, 0.4) is 0 Å². The summed E-state index contributed by atoms with van der Waals surface area (Å²) >= 11 is 6.16. The Morgan fingerprint density at radius 2 is 1.69 bits per heavy atom. The van der Waals surface area contributed by atoms with Crippen LogP contribution >= 0.6 is 11.6 Å². The van der Waals surface area contributed by atoms with Gasteiger partial charge >= 0.3 is 0 Å². The number of ketones is 3. The van der Waals surface area contributed by atoms with E-state index in [-0.39, 0.29) is 50.1 Å². The number of nitrogens with one attached hydrogen (secondary N) is 2. The lowest BCUT2D eigenvalue weighted by molar-refractivity contribution is -0.141. The van der Waals surface area contributed by atoms with E-state index >= 15 is 0 Å². The fourth-order valence-electron chi connectivity index (χ4n) is 6.06. The molecule has 2 N–H and O–H groups in total. The van der Waals surface area contributed by atoms with Gasteiger partial charge in [0.05, 0.1) is 18.6 Å². The molecule has 5 rings (SSSR count). The van der Waals surface area contributed by atoms with Crippen LogP contribution in [-0.4, -0.2) is 47.9 Å². The predicted molar refractivity (Wildman–Crippen MR) is 170 cm³/mol. The highest BCUT2D eigenvalue weighted by Crippen LogP contribution is 2.29. The Hall–Kier alpha value is -4.14. The van der Waals surface area contributed by atoms with E-state index in [4.69, 9.17) is 16.3 Å². The first kappa shape index (κ1) is 32.3. The second-order valence-corrected chi connectivity index (χ2v) is 12.3. The van der Waals surface area contributed by atoms with Crippen molar-refractivity contribution < 1.29 is 28.7 Å². The molecule has 8 nitrogen and oxygen atoms in total. The average molecular weight is 629 g/mol. The maximum atomic E-state index is 13.9.